The number of amides is 1. The van der Waals surface area contributed by atoms with Gasteiger partial charge in [0.05, 0.1) is 0 Å². The fraction of sp³-hybridized carbons (Fsp3) is 0.917. The van der Waals surface area contributed by atoms with Crippen molar-refractivity contribution in [1.29, 1.82) is 0 Å². The highest BCUT2D eigenvalue weighted by Gasteiger charge is 2.33. The second kappa shape index (κ2) is 4.97. The highest BCUT2D eigenvalue weighted by Crippen LogP contribution is 2.33. The molecule has 0 bridgehead atoms. The third kappa shape index (κ3) is 2.51. The SMILES string of the molecule is NCC(C1CCCCC1)C1CCC(=O)N1. The van der Waals surface area contributed by atoms with Crippen LogP contribution in [0.15, 0.2) is 0 Å². The van der Waals surface area contributed by atoms with E-state index in [1.807, 2.05) is 0 Å². The second-order valence-electron chi connectivity index (χ2n) is 5.01. The monoisotopic (exact) mass is 210 g/mol. The van der Waals surface area contributed by atoms with Gasteiger partial charge in [-0.3, -0.25) is 4.79 Å². The van der Waals surface area contributed by atoms with Crippen LogP contribution in [0.2, 0.25) is 0 Å². The van der Waals surface area contributed by atoms with Gasteiger partial charge in [-0.25, -0.2) is 0 Å². The van der Waals surface area contributed by atoms with Crippen molar-refractivity contribution in [3.8, 4) is 0 Å². The van der Waals surface area contributed by atoms with E-state index in [-0.39, 0.29) is 5.91 Å². The topological polar surface area (TPSA) is 55.1 Å². The number of rotatable bonds is 3. The Hall–Kier alpha value is -0.570. The van der Waals surface area contributed by atoms with Crippen LogP contribution in [-0.4, -0.2) is 18.5 Å². The highest BCUT2D eigenvalue weighted by molar-refractivity contribution is 5.78. The molecule has 1 amide bonds. The van der Waals surface area contributed by atoms with Gasteiger partial charge in [-0.1, -0.05) is 32.1 Å². The molecule has 0 aromatic rings. The van der Waals surface area contributed by atoms with Crippen LogP contribution in [0.3, 0.4) is 0 Å². The number of carbonyl (C=O) groups is 1. The Morgan fingerprint density at radius 3 is 2.53 bits per heavy atom. The number of hydrogen-bond donors (Lipinski definition) is 2. The number of nitrogens with one attached hydrogen (secondary N) is 1. The number of carbonyl (C=O) groups excluding carboxylic acids is 1. The smallest absolute Gasteiger partial charge is 0.220 e. The summed E-state index contributed by atoms with van der Waals surface area (Å²) in [6.45, 7) is 0.732. The van der Waals surface area contributed by atoms with Crippen LogP contribution in [0.1, 0.15) is 44.9 Å². The van der Waals surface area contributed by atoms with E-state index in [9.17, 15) is 4.79 Å². The quantitative estimate of drug-likeness (QED) is 0.740. The van der Waals surface area contributed by atoms with Crippen LogP contribution >= 0.6 is 0 Å². The van der Waals surface area contributed by atoms with Gasteiger partial charge in [0.1, 0.15) is 0 Å². The summed E-state index contributed by atoms with van der Waals surface area (Å²) < 4.78 is 0. The molecule has 1 aliphatic heterocycles. The van der Waals surface area contributed by atoms with Crippen molar-refractivity contribution in [3.05, 3.63) is 0 Å². The van der Waals surface area contributed by atoms with Gasteiger partial charge in [0.15, 0.2) is 0 Å². The molecule has 1 saturated carbocycles. The van der Waals surface area contributed by atoms with Crippen molar-refractivity contribution in [3.63, 3.8) is 0 Å². The zero-order valence-electron chi connectivity index (χ0n) is 9.37. The standard InChI is InChI=1S/C12H22N2O/c13-8-10(9-4-2-1-3-5-9)11-6-7-12(15)14-11/h9-11H,1-8,13H2,(H,14,15). The molecule has 0 spiro atoms. The molecule has 0 aromatic heterocycles. The molecule has 3 N–H and O–H groups in total. The van der Waals surface area contributed by atoms with E-state index in [0.29, 0.717) is 18.4 Å². The Bertz CT molecular complexity index is 224. The molecule has 0 aromatic carbocycles. The molecule has 2 fully saturated rings. The maximum atomic E-state index is 11.2. The highest BCUT2D eigenvalue weighted by atomic mass is 16.1. The Balaban J connectivity index is 1.93. The first kappa shape index (κ1) is 10.9. The van der Waals surface area contributed by atoms with Gasteiger partial charge in [-0.2, -0.15) is 0 Å². The van der Waals surface area contributed by atoms with E-state index in [1.165, 1.54) is 32.1 Å². The van der Waals surface area contributed by atoms with E-state index in [4.69, 9.17) is 5.73 Å². The van der Waals surface area contributed by atoms with Crippen LogP contribution < -0.4 is 11.1 Å². The predicted octanol–water partition coefficient (Wildman–Crippen LogP) is 1.42. The molecular formula is C12H22N2O. The molecule has 15 heavy (non-hydrogen) atoms. The maximum Gasteiger partial charge on any atom is 0.220 e. The van der Waals surface area contributed by atoms with E-state index >= 15 is 0 Å². The maximum absolute atomic E-state index is 11.2. The van der Waals surface area contributed by atoms with Gasteiger partial charge < -0.3 is 11.1 Å². The fourth-order valence-corrected chi connectivity index (χ4v) is 3.21. The molecule has 3 heteroatoms. The molecule has 2 atom stereocenters. The van der Waals surface area contributed by atoms with Gasteiger partial charge in [0.2, 0.25) is 5.91 Å². The van der Waals surface area contributed by atoms with Gasteiger partial charge in [-0.05, 0) is 24.8 Å². The van der Waals surface area contributed by atoms with Crippen LogP contribution in [0.4, 0.5) is 0 Å². The largest absolute Gasteiger partial charge is 0.353 e. The predicted molar refractivity (Wildman–Crippen MR) is 60.3 cm³/mol. The van der Waals surface area contributed by atoms with E-state index in [2.05, 4.69) is 5.32 Å². The summed E-state index contributed by atoms with van der Waals surface area (Å²) in [6.07, 6.45) is 8.40. The molecule has 3 nitrogen and oxygen atoms in total. The Morgan fingerprint density at radius 2 is 2.00 bits per heavy atom. The minimum Gasteiger partial charge on any atom is -0.353 e. The van der Waals surface area contributed by atoms with Crippen molar-refractivity contribution in [2.75, 3.05) is 6.54 Å². The third-order valence-corrected chi connectivity index (χ3v) is 4.07. The normalized spacial score (nSPS) is 30.2. The lowest BCUT2D eigenvalue weighted by Crippen LogP contribution is -2.41. The summed E-state index contributed by atoms with van der Waals surface area (Å²) in [6, 6.07) is 0.366. The van der Waals surface area contributed by atoms with Crippen LogP contribution in [0.25, 0.3) is 0 Å². The average molecular weight is 210 g/mol. The summed E-state index contributed by atoms with van der Waals surface area (Å²) >= 11 is 0. The van der Waals surface area contributed by atoms with Crippen molar-refractivity contribution in [2.45, 2.75) is 51.0 Å². The first-order valence-electron chi connectivity index (χ1n) is 6.30. The first-order valence-corrected chi connectivity index (χ1v) is 6.30. The van der Waals surface area contributed by atoms with Crippen molar-refractivity contribution < 1.29 is 4.79 Å². The molecule has 1 aliphatic carbocycles. The third-order valence-electron chi connectivity index (χ3n) is 4.07. The summed E-state index contributed by atoms with van der Waals surface area (Å²) in [4.78, 5) is 11.2. The van der Waals surface area contributed by atoms with Crippen LogP contribution in [0.5, 0.6) is 0 Å². The lowest BCUT2D eigenvalue weighted by atomic mass is 9.76. The van der Waals surface area contributed by atoms with E-state index in [1.54, 1.807) is 0 Å². The lowest BCUT2D eigenvalue weighted by Gasteiger charge is -2.33. The number of hydrogen-bond acceptors (Lipinski definition) is 2. The van der Waals surface area contributed by atoms with Gasteiger partial charge in [-0.15, -0.1) is 0 Å². The van der Waals surface area contributed by atoms with Crippen LogP contribution in [0, 0.1) is 11.8 Å². The van der Waals surface area contributed by atoms with E-state index < -0.39 is 0 Å². The molecule has 0 radical (unpaired) electrons. The molecule has 2 aliphatic rings. The van der Waals surface area contributed by atoms with Crippen molar-refractivity contribution in [1.82, 2.24) is 5.32 Å². The molecular weight excluding hydrogens is 188 g/mol. The Labute approximate surface area is 91.8 Å². The molecule has 1 saturated heterocycles. The number of nitrogens with two attached hydrogens (primary N) is 1. The van der Waals surface area contributed by atoms with Crippen molar-refractivity contribution in [2.24, 2.45) is 17.6 Å². The minimum absolute atomic E-state index is 0.217. The first-order chi connectivity index (χ1) is 7.31. The van der Waals surface area contributed by atoms with Gasteiger partial charge >= 0.3 is 0 Å². The molecule has 2 rings (SSSR count). The Kier molecular flexibility index (Phi) is 3.62. The van der Waals surface area contributed by atoms with Crippen molar-refractivity contribution >= 4 is 5.91 Å². The minimum atomic E-state index is 0.217. The lowest BCUT2D eigenvalue weighted by molar-refractivity contribution is -0.119. The molecule has 2 unspecified atom stereocenters. The van der Waals surface area contributed by atoms with Gasteiger partial charge in [0.25, 0.3) is 0 Å². The molecule has 86 valence electrons. The molecule has 1 heterocycles. The summed E-state index contributed by atoms with van der Waals surface area (Å²) in [5.41, 5.74) is 5.88. The zero-order chi connectivity index (χ0) is 10.7. The summed E-state index contributed by atoms with van der Waals surface area (Å²) in [7, 11) is 0. The zero-order valence-corrected chi connectivity index (χ0v) is 9.37. The van der Waals surface area contributed by atoms with Gasteiger partial charge in [0, 0.05) is 12.5 Å². The second-order valence-corrected chi connectivity index (χ2v) is 5.01. The van der Waals surface area contributed by atoms with E-state index in [0.717, 1.165) is 18.9 Å². The fourth-order valence-electron chi connectivity index (χ4n) is 3.21. The summed E-state index contributed by atoms with van der Waals surface area (Å²) in [5.74, 6) is 1.50. The average Bonchev–Trinajstić information content (AvgIpc) is 2.68. The summed E-state index contributed by atoms with van der Waals surface area (Å²) in [5, 5.41) is 3.08. The Morgan fingerprint density at radius 1 is 1.27 bits per heavy atom. The van der Waals surface area contributed by atoms with Crippen LogP contribution in [-0.2, 0) is 4.79 Å².